The van der Waals surface area contributed by atoms with Crippen molar-refractivity contribution >= 4 is 27.5 Å². The lowest BCUT2D eigenvalue weighted by atomic mass is 10.3. The summed E-state index contributed by atoms with van der Waals surface area (Å²) in [5.74, 6) is 1.54. The number of ether oxygens (including phenoxy) is 2. The van der Waals surface area contributed by atoms with E-state index in [9.17, 15) is 0 Å². The van der Waals surface area contributed by atoms with E-state index in [1.807, 2.05) is 24.3 Å². The summed E-state index contributed by atoms with van der Waals surface area (Å²) < 4.78 is 11.6. The summed E-state index contributed by atoms with van der Waals surface area (Å²) in [5.41, 5.74) is 0.960. The van der Waals surface area contributed by atoms with E-state index in [1.165, 1.54) is 0 Å². The van der Waals surface area contributed by atoms with Crippen molar-refractivity contribution in [2.24, 2.45) is 0 Å². The summed E-state index contributed by atoms with van der Waals surface area (Å²) in [5, 5.41) is 0.476. The molecule has 0 bridgehead atoms. The minimum absolute atomic E-state index is 0.440. The van der Waals surface area contributed by atoms with E-state index in [0.29, 0.717) is 11.8 Å². The monoisotopic (exact) mass is 327 g/mol. The summed E-state index contributed by atoms with van der Waals surface area (Å²) in [4.78, 5) is 3.99. The van der Waals surface area contributed by atoms with Crippen LogP contribution in [0.15, 0.2) is 41.0 Å². The van der Waals surface area contributed by atoms with Gasteiger partial charge in [0.15, 0.2) is 0 Å². The van der Waals surface area contributed by atoms with Crippen molar-refractivity contribution in [1.29, 1.82) is 0 Å². The molecule has 0 aliphatic carbocycles. The first kappa shape index (κ1) is 13.2. The largest absolute Gasteiger partial charge is 0.497 e. The van der Waals surface area contributed by atoms with Crippen LogP contribution in [-0.2, 0) is 6.61 Å². The first-order valence-corrected chi connectivity index (χ1v) is 6.43. The Labute approximate surface area is 119 Å². The summed E-state index contributed by atoms with van der Waals surface area (Å²) in [7, 11) is 1.63. The van der Waals surface area contributed by atoms with Crippen LogP contribution in [0.2, 0.25) is 5.15 Å². The number of hydrogen-bond acceptors (Lipinski definition) is 3. The standard InChI is InChI=1S/C13H11BrClNO2/c1-17-10-3-4-12(11(14)6-10)18-8-9-2-5-13(15)16-7-9/h2-7H,8H2,1H3. The van der Waals surface area contributed by atoms with E-state index < -0.39 is 0 Å². The molecule has 0 aliphatic rings. The Hall–Kier alpha value is -1.26. The van der Waals surface area contributed by atoms with Gasteiger partial charge in [0, 0.05) is 11.8 Å². The lowest BCUT2D eigenvalue weighted by molar-refractivity contribution is 0.303. The second-order valence-electron chi connectivity index (χ2n) is 3.57. The number of rotatable bonds is 4. The van der Waals surface area contributed by atoms with Gasteiger partial charge in [-0.3, -0.25) is 0 Å². The van der Waals surface area contributed by atoms with Crippen LogP contribution in [0.4, 0.5) is 0 Å². The van der Waals surface area contributed by atoms with Gasteiger partial charge in [0.2, 0.25) is 0 Å². The van der Waals surface area contributed by atoms with Crippen LogP contribution in [0.1, 0.15) is 5.56 Å². The number of nitrogens with zero attached hydrogens (tertiary/aromatic N) is 1. The summed E-state index contributed by atoms with van der Waals surface area (Å²) >= 11 is 9.15. The maximum atomic E-state index is 5.71. The molecule has 0 fully saturated rings. The fourth-order valence-electron chi connectivity index (χ4n) is 1.38. The Bertz CT molecular complexity index is 531. The number of benzene rings is 1. The van der Waals surface area contributed by atoms with E-state index in [-0.39, 0.29) is 0 Å². The Kier molecular flexibility index (Phi) is 4.44. The van der Waals surface area contributed by atoms with Crippen molar-refractivity contribution in [1.82, 2.24) is 4.98 Å². The van der Waals surface area contributed by atoms with Gasteiger partial charge in [0.1, 0.15) is 23.3 Å². The van der Waals surface area contributed by atoms with E-state index in [0.717, 1.165) is 21.5 Å². The van der Waals surface area contributed by atoms with Crippen LogP contribution in [0.25, 0.3) is 0 Å². The Morgan fingerprint density at radius 2 is 2.11 bits per heavy atom. The van der Waals surface area contributed by atoms with Gasteiger partial charge in [0.05, 0.1) is 11.6 Å². The average molecular weight is 329 g/mol. The van der Waals surface area contributed by atoms with Gasteiger partial charge < -0.3 is 9.47 Å². The summed E-state index contributed by atoms with van der Waals surface area (Å²) in [6, 6.07) is 9.18. The van der Waals surface area contributed by atoms with E-state index >= 15 is 0 Å². The number of pyridine rings is 1. The van der Waals surface area contributed by atoms with Crippen molar-refractivity contribution in [3.05, 3.63) is 51.7 Å². The third-order valence-corrected chi connectivity index (χ3v) is 3.17. The van der Waals surface area contributed by atoms with E-state index in [4.69, 9.17) is 21.1 Å². The molecular weight excluding hydrogens is 318 g/mol. The Morgan fingerprint density at radius 3 is 2.72 bits per heavy atom. The SMILES string of the molecule is COc1ccc(OCc2ccc(Cl)nc2)c(Br)c1. The topological polar surface area (TPSA) is 31.4 Å². The van der Waals surface area contributed by atoms with E-state index in [1.54, 1.807) is 19.4 Å². The molecule has 0 N–H and O–H groups in total. The average Bonchev–Trinajstić information content (AvgIpc) is 2.39. The maximum absolute atomic E-state index is 5.71. The molecule has 0 radical (unpaired) electrons. The first-order valence-electron chi connectivity index (χ1n) is 5.26. The van der Waals surface area contributed by atoms with Gasteiger partial charge in [-0.15, -0.1) is 0 Å². The predicted octanol–water partition coefficient (Wildman–Crippen LogP) is 4.09. The summed E-state index contributed by atoms with van der Waals surface area (Å²) in [6.45, 7) is 0.440. The zero-order valence-electron chi connectivity index (χ0n) is 9.69. The molecule has 2 aromatic rings. The summed E-state index contributed by atoms with van der Waals surface area (Å²) in [6.07, 6.45) is 1.69. The normalized spacial score (nSPS) is 10.2. The second-order valence-corrected chi connectivity index (χ2v) is 4.82. The molecular formula is C13H11BrClNO2. The van der Waals surface area contributed by atoms with Crippen LogP contribution in [0.3, 0.4) is 0 Å². The van der Waals surface area contributed by atoms with Gasteiger partial charge in [-0.1, -0.05) is 17.7 Å². The molecule has 0 spiro atoms. The van der Waals surface area contributed by atoms with Crippen molar-refractivity contribution < 1.29 is 9.47 Å². The van der Waals surface area contributed by atoms with Gasteiger partial charge >= 0.3 is 0 Å². The smallest absolute Gasteiger partial charge is 0.134 e. The third-order valence-electron chi connectivity index (χ3n) is 2.32. The fraction of sp³-hybridized carbons (Fsp3) is 0.154. The zero-order valence-corrected chi connectivity index (χ0v) is 12.0. The van der Waals surface area contributed by atoms with Gasteiger partial charge in [-0.05, 0) is 40.2 Å². The van der Waals surface area contributed by atoms with Crippen molar-refractivity contribution in [2.75, 3.05) is 7.11 Å². The van der Waals surface area contributed by atoms with Crippen molar-refractivity contribution in [3.8, 4) is 11.5 Å². The molecule has 2 rings (SSSR count). The quantitative estimate of drug-likeness (QED) is 0.792. The molecule has 1 aromatic heterocycles. The molecule has 0 aliphatic heterocycles. The Balaban J connectivity index is 2.04. The van der Waals surface area contributed by atoms with Gasteiger partial charge in [-0.2, -0.15) is 0 Å². The van der Waals surface area contributed by atoms with Crippen molar-refractivity contribution in [3.63, 3.8) is 0 Å². The van der Waals surface area contributed by atoms with Crippen LogP contribution in [0, 0.1) is 0 Å². The molecule has 0 saturated heterocycles. The number of hydrogen-bond donors (Lipinski definition) is 0. The highest BCUT2D eigenvalue weighted by Crippen LogP contribution is 2.29. The van der Waals surface area contributed by atoms with E-state index in [2.05, 4.69) is 20.9 Å². The molecule has 1 aromatic carbocycles. The zero-order chi connectivity index (χ0) is 13.0. The number of aromatic nitrogens is 1. The minimum atomic E-state index is 0.440. The van der Waals surface area contributed by atoms with Gasteiger partial charge in [0.25, 0.3) is 0 Å². The molecule has 0 unspecified atom stereocenters. The van der Waals surface area contributed by atoms with Crippen LogP contribution < -0.4 is 9.47 Å². The maximum Gasteiger partial charge on any atom is 0.134 e. The predicted molar refractivity (Wildman–Crippen MR) is 74.3 cm³/mol. The number of methoxy groups -OCH3 is 1. The molecule has 18 heavy (non-hydrogen) atoms. The fourth-order valence-corrected chi connectivity index (χ4v) is 1.96. The number of halogens is 2. The third kappa shape index (κ3) is 3.37. The molecule has 0 amide bonds. The highest BCUT2D eigenvalue weighted by atomic mass is 79.9. The molecule has 0 saturated carbocycles. The van der Waals surface area contributed by atoms with Gasteiger partial charge in [-0.25, -0.2) is 4.98 Å². The molecule has 0 atom stereocenters. The van der Waals surface area contributed by atoms with Crippen LogP contribution in [0.5, 0.6) is 11.5 Å². The lowest BCUT2D eigenvalue weighted by Crippen LogP contribution is -1.97. The molecule has 94 valence electrons. The molecule has 5 heteroatoms. The first-order chi connectivity index (χ1) is 8.69. The lowest BCUT2D eigenvalue weighted by Gasteiger charge is -2.09. The van der Waals surface area contributed by atoms with Crippen molar-refractivity contribution in [2.45, 2.75) is 6.61 Å². The Morgan fingerprint density at radius 1 is 1.28 bits per heavy atom. The molecule has 1 heterocycles. The highest BCUT2D eigenvalue weighted by molar-refractivity contribution is 9.10. The van der Waals surface area contributed by atoms with Crippen LogP contribution in [-0.4, -0.2) is 12.1 Å². The molecule has 3 nitrogen and oxygen atoms in total. The highest BCUT2D eigenvalue weighted by Gasteiger charge is 2.03. The second kappa shape index (κ2) is 6.07. The van der Waals surface area contributed by atoms with Crippen LogP contribution >= 0.6 is 27.5 Å². The minimum Gasteiger partial charge on any atom is -0.497 e.